The molecule has 7 heteroatoms. The third-order valence-corrected chi connectivity index (χ3v) is 6.27. The topological polar surface area (TPSA) is 91.0 Å². The summed E-state index contributed by atoms with van der Waals surface area (Å²) in [6.45, 7) is 5.70. The third-order valence-electron chi connectivity index (χ3n) is 6.27. The van der Waals surface area contributed by atoms with Crippen LogP contribution in [0.3, 0.4) is 0 Å². The maximum Gasteiger partial charge on any atom is 0.253 e. The molecule has 176 valence electrons. The van der Waals surface area contributed by atoms with E-state index in [1.54, 1.807) is 0 Å². The Hall–Kier alpha value is -3.71. The lowest BCUT2D eigenvalue weighted by atomic mass is 10.0. The number of hydrogen-bond donors (Lipinski definition) is 2. The molecule has 0 aromatic heterocycles. The molecule has 0 spiro atoms. The largest absolute Gasteiger partial charge is 0.398 e. The zero-order chi connectivity index (χ0) is 24.1. The highest BCUT2D eigenvalue weighted by molar-refractivity contribution is 6.13. The smallest absolute Gasteiger partial charge is 0.253 e. The minimum atomic E-state index is -0.232. The van der Waals surface area contributed by atoms with Crippen molar-refractivity contribution in [2.45, 2.75) is 13.3 Å². The van der Waals surface area contributed by atoms with Crippen LogP contribution < -0.4 is 11.1 Å². The first kappa shape index (κ1) is 23.4. The van der Waals surface area contributed by atoms with Crippen molar-refractivity contribution in [3.63, 3.8) is 0 Å². The lowest BCUT2D eigenvalue weighted by Gasteiger charge is -2.27. The zero-order valence-corrected chi connectivity index (χ0v) is 19.8. The predicted molar refractivity (Wildman–Crippen MR) is 135 cm³/mol. The quantitative estimate of drug-likeness (QED) is 0.674. The fourth-order valence-corrected chi connectivity index (χ4v) is 4.12. The number of nitrogens with one attached hydrogen (secondary N) is 1. The van der Waals surface area contributed by atoms with Crippen molar-refractivity contribution in [3.8, 4) is 0 Å². The van der Waals surface area contributed by atoms with Crippen molar-refractivity contribution in [1.82, 2.24) is 15.1 Å². The first-order valence-electron chi connectivity index (χ1n) is 11.6. The van der Waals surface area contributed by atoms with E-state index in [1.165, 1.54) is 6.08 Å². The van der Waals surface area contributed by atoms with Gasteiger partial charge in [-0.1, -0.05) is 42.5 Å². The standard InChI is InChI=1S/C27H31N5O2/c1-19-26(25(33)17-23(28)20-7-4-3-5-8-20)30-24(18-31(19)2)21-9-11-22(12-10-21)27(34)32-15-6-13-29-14-16-32/h3-5,7-12,17,29H,6,13-16,18,28H2,1-2H3. The average molecular weight is 458 g/mol. The fraction of sp³-hybridized carbons (Fsp3) is 0.296. The van der Waals surface area contributed by atoms with Crippen LogP contribution in [0.15, 0.2) is 77.1 Å². The number of likely N-dealkylation sites (N-methyl/N-ethyl adjacent to an activating group) is 1. The summed E-state index contributed by atoms with van der Waals surface area (Å²) in [7, 11) is 1.94. The number of carbonyl (C=O) groups excluding carboxylic acids is 2. The number of hydrogen-bond acceptors (Lipinski definition) is 6. The molecular formula is C27H31N5O2. The summed E-state index contributed by atoms with van der Waals surface area (Å²) in [4.78, 5) is 34.6. The number of ketones is 1. The summed E-state index contributed by atoms with van der Waals surface area (Å²) in [6.07, 6.45) is 2.39. The van der Waals surface area contributed by atoms with Gasteiger partial charge in [-0.25, -0.2) is 4.99 Å². The van der Waals surface area contributed by atoms with E-state index in [1.807, 2.05) is 78.4 Å². The number of amides is 1. The molecule has 2 aromatic rings. The molecule has 1 amide bonds. The van der Waals surface area contributed by atoms with Gasteiger partial charge in [-0.3, -0.25) is 9.59 Å². The third kappa shape index (κ3) is 5.26. The Morgan fingerprint density at radius 3 is 2.47 bits per heavy atom. The van der Waals surface area contributed by atoms with E-state index < -0.39 is 0 Å². The lowest BCUT2D eigenvalue weighted by molar-refractivity contribution is -0.111. The van der Waals surface area contributed by atoms with Crippen LogP contribution in [0.5, 0.6) is 0 Å². The maximum atomic E-state index is 13.1. The molecule has 4 rings (SSSR count). The summed E-state index contributed by atoms with van der Waals surface area (Å²) in [5.74, 6) is -0.185. The molecule has 34 heavy (non-hydrogen) atoms. The summed E-state index contributed by atoms with van der Waals surface area (Å²) in [6, 6.07) is 16.9. The minimum Gasteiger partial charge on any atom is -0.398 e. The highest BCUT2D eigenvalue weighted by atomic mass is 16.2. The van der Waals surface area contributed by atoms with Gasteiger partial charge in [0.25, 0.3) is 5.91 Å². The molecular weight excluding hydrogens is 426 g/mol. The molecule has 0 saturated carbocycles. The molecule has 0 unspecified atom stereocenters. The Morgan fingerprint density at radius 2 is 1.74 bits per heavy atom. The lowest BCUT2D eigenvalue weighted by Crippen LogP contribution is -2.34. The number of nitrogens with two attached hydrogens (primary N) is 1. The number of allylic oxidation sites excluding steroid dienone is 2. The van der Waals surface area contributed by atoms with Crippen LogP contribution in [0.25, 0.3) is 5.70 Å². The van der Waals surface area contributed by atoms with Gasteiger partial charge < -0.3 is 20.9 Å². The van der Waals surface area contributed by atoms with E-state index in [0.717, 1.165) is 48.6 Å². The SMILES string of the molecule is CC1=C(C(=O)C=C(N)c2ccccc2)N=C(c2ccc(C(=O)N3CCCNCC3)cc2)CN1C. The second-order valence-corrected chi connectivity index (χ2v) is 8.65. The number of nitrogens with zero attached hydrogens (tertiary/aromatic N) is 3. The molecule has 0 bridgehead atoms. The van der Waals surface area contributed by atoms with Crippen LogP contribution in [-0.4, -0.2) is 67.0 Å². The van der Waals surface area contributed by atoms with E-state index >= 15 is 0 Å². The van der Waals surface area contributed by atoms with Crippen molar-refractivity contribution in [2.24, 2.45) is 10.7 Å². The highest BCUT2D eigenvalue weighted by Gasteiger charge is 2.23. The van der Waals surface area contributed by atoms with Crippen molar-refractivity contribution in [1.29, 1.82) is 0 Å². The van der Waals surface area contributed by atoms with Crippen molar-refractivity contribution < 1.29 is 9.59 Å². The van der Waals surface area contributed by atoms with Crippen molar-refractivity contribution in [2.75, 3.05) is 39.8 Å². The van der Waals surface area contributed by atoms with Crippen LogP contribution in [0.1, 0.15) is 34.8 Å². The first-order chi connectivity index (χ1) is 16.4. The molecule has 2 aromatic carbocycles. The Morgan fingerprint density at radius 1 is 1.00 bits per heavy atom. The second-order valence-electron chi connectivity index (χ2n) is 8.65. The Labute approximate surface area is 200 Å². The van der Waals surface area contributed by atoms with Gasteiger partial charge in [-0.15, -0.1) is 0 Å². The van der Waals surface area contributed by atoms with Crippen molar-refractivity contribution in [3.05, 3.63) is 88.8 Å². The minimum absolute atomic E-state index is 0.0473. The maximum absolute atomic E-state index is 13.1. The van der Waals surface area contributed by atoms with Gasteiger partial charge in [0.15, 0.2) is 0 Å². The van der Waals surface area contributed by atoms with Gasteiger partial charge in [0.1, 0.15) is 5.70 Å². The molecule has 7 nitrogen and oxygen atoms in total. The molecule has 2 aliphatic heterocycles. The van der Waals surface area contributed by atoms with Crippen LogP contribution in [0.2, 0.25) is 0 Å². The Bertz CT molecular complexity index is 1140. The van der Waals surface area contributed by atoms with E-state index in [0.29, 0.717) is 30.0 Å². The summed E-state index contributed by atoms with van der Waals surface area (Å²) in [5.41, 5.74) is 10.9. The van der Waals surface area contributed by atoms with E-state index in [4.69, 9.17) is 10.7 Å². The van der Waals surface area contributed by atoms with Crippen LogP contribution in [-0.2, 0) is 4.79 Å². The average Bonchev–Trinajstić information content (AvgIpc) is 3.15. The van der Waals surface area contributed by atoms with E-state index in [-0.39, 0.29) is 11.7 Å². The molecule has 3 N–H and O–H groups in total. The second kappa shape index (κ2) is 10.5. The number of rotatable bonds is 5. The van der Waals surface area contributed by atoms with Crippen LogP contribution in [0, 0.1) is 0 Å². The van der Waals surface area contributed by atoms with Crippen molar-refractivity contribution >= 4 is 23.1 Å². The van der Waals surface area contributed by atoms with Gasteiger partial charge in [-0.05, 0) is 43.1 Å². The summed E-state index contributed by atoms with van der Waals surface area (Å²) < 4.78 is 0. The number of aliphatic imine (C=N–C) groups is 1. The van der Waals surface area contributed by atoms with Gasteiger partial charge in [0, 0.05) is 49.7 Å². The highest BCUT2D eigenvalue weighted by Crippen LogP contribution is 2.21. The van der Waals surface area contributed by atoms with E-state index in [2.05, 4.69) is 5.32 Å². The normalized spacial score (nSPS) is 17.4. The van der Waals surface area contributed by atoms with Crippen LogP contribution >= 0.6 is 0 Å². The van der Waals surface area contributed by atoms with Gasteiger partial charge in [0.05, 0.1) is 12.3 Å². The Kier molecular flexibility index (Phi) is 7.23. The Balaban J connectivity index is 1.55. The zero-order valence-electron chi connectivity index (χ0n) is 19.8. The first-order valence-corrected chi connectivity index (χ1v) is 11.6. The van der Waals surface area contributed by atoms with Gasteiger partial charge >= 0.3 is 0 Å². The molecule has 1 fully saturated rings. The van der Waals surface area contributed by atoms with Gasteiger partial charge in [0.2, 0.25) is 5.78 Å². The van der Waals surface area contributed by atoms with Crippen LogP contribution in [0.4, 0.5) is 0 Å². The molecule has 0 aliphatic carbocycles. The number of carbonyl (C=O) groups is 2. The van der Waals surface area contributed by atoms with Gasteiger partial charge in [-0.2, -0.15) is 0 Å². The molecule has 2 aliphatic rings. The fourth-order valence-electron chi connectivity index (χ4n) is 4.12. The summed E-state index contributed by atoms with van der Waals surface area (Å²) in [5, 5.41) is 3.32. The molecule has 0 radical (unpaired) electrons. The molecule has 0 atom stereocenters. The molecule has 2 heterocycles. The number of benzene rings is 2. The monoisotopic (exact) mass is 457 g/mol. The van der Waals surface area contributed by atoms with E-state index in [9.17, 15) is 9.59 Å². The summed E-state index contributed by atoms with van der Waals surface area (Å²) >= 11 is 0. The molecule has 1 saturated heterocycles. The predicted octanol–water partition coefficient (Wildman–Crippen LogP) is 2.66.